The summed E-state index contributed by atoms with van der Waals surface area (Å²) < 4.78 is 0. The number of nitrogens with zero attached hydrogens (tertiary/aromatic N) is 1. The molecule has 0 radical (unpaired) electrons. The summed E-state index contributed by atoms with van der Waals surface area (Å²) in [6.45, 7) is 6.62. The van der Waals surface area contributed by atoms with Crippen LogP contribution in [0.25, 0.3) is 0 Å². The summed E-state index contributed by atoms with van der Waals surface area (Å²) in [5.41, 5.74) is 1.20. The van der Waals surface area contributed by atoms with Crippen molar-refractivity contribution >= 4 is 0 Å². The third-order valence-electron chi connectivity index (χ3n) is 1.70. The van der Waals surface area contributed by atoms with Gasteiger partial charge in [0.05, 0.1) is 0 Å². The second-order valence-corrected chi connectivity index (χ2v) is 2.77. The van der Waals surface area contributed by atoms with Gasteiger partial charge in [-0.05, 0) is 18.6 Å². The minimum Gasteiger partial charge on any atom is -0.307 e. The zero-order chi connectivity index (χ0) is 8.81. The van der Waals surface area contributed by atoms with E-state index in [0.717, 1.165) is 6.54 Å². The zero-order valence-corrected chi connectivity index (χ0v) is 7.33. The zero-order valence-electron chi connectivity index (χ0n) is 7.33. The van der Waals surface area contributed by atoms with Gasteiger partial charge >= 0.3 is 0 Å². The molecule has 1 heterocycles. The standard InChI is InChI=1S/C10H14N2/c1-3-9(2)12-8-10-5-4-6-11-7-10/h3-7,9,12H,1,8H2,2H3. The highest BCUT2D eigenvalue weighted by atomic mass is 14.9. The Balaban J connectivity index is 2.38. The van der Waals surface area contributed by atoms with Crippen LogP contribution in [0.4, 0.5) is 0 Å². The summed E-state index contributed by atoms with van der Waals surface area (Å²) in [5, 5.41) is 3.29. The molecular weight excluding hydrogens is 148 g/mol. The number of hydrogen-bond acceptors (Lipinski definition) is 2. The number of aromatic nitrogens is 1. The molecule has 0 amide bonds. The maximum Gasteiger partial charge on any atom is 0.0312 e. The molecule has 1 aromatic heterocycles. The van der Waals surface area contributed by atoms with Crippen LogP contribution in [0.15, 0.2) is 37.2 Å². The first-order valence-electron chi connectivity index (χ1n) is 4.08. The number of nitrogens with one attached hydrogen (secondary N) is 1. The van der Waals surface area contributed by atoms with E-state index in [-0.39, 0.29) is 0 Å². The van der Waals surface area contributed by atoms with Crippen molar-refractivity contribution in [1.29, 1.82) is 0 Å². The summed E-state index contributed by atoms with van der Waals surface area (Å²) in [6.07, 6.45) is 5.53. The average molecular weight is 162 g/mol. The summed E-state index contributed by atoms with van der Waals surface area (Å²) >= 11 is 0. The van der Waals surface area contributed by atoms with Gasteiger partial charge in [-0.3, -0.25) is 4.98 Å². The van der Waals surface area contributed by atoms with Gasteiger partial charge in [0.1, 0.15) is 0 Å². The summed E-state index contributed by atoms with van der Waals surface area (Å²) in [7, 11) is 0. The molecule has 1 N–H and O–H groups in total. The van der Waals surface area contributed by atoms with Crippen LogP contribution in [-0.2, 0) is 6.54 Å². The Kier molecular flexibility index (Phi) is 3.48. The van der Waals surface area contributed by atoms with E-state index >= 15 is 0 Å². The SMILES string of the molecule is C=CC(C)NCc1cccnc1. The third kappa shape index (κ3) is 2.84. The Bertz CT molecular complexity index is 231. The Morgan fingerprint density at radius 1 is 1.75 bits per heavy atom. The van der Waals surface area contributed by atoms with Gasteiger partial charge in [0.15, 0.2) is 0 Å². The van der Waals surface area contributed by atoms with Crippen molar-refractivity contribution in [3.63, 3.8) is 0 Å². The number of pyridine rings is 1. The maximum absolute atomic E-state index is 4.02. The Labute approximate surface area is 73.3 Å². The van der Waals surface area contributed by atoms with Gasteiger partial charge < -0.3 is 5.32 Å². The quantitative estimate of drug-likeness (QED) is 0.682. The largest absolute Gasteiger partial charge is 0.307 e. The molecule has 0 saturated heterocycles. The van der Waals surface area contributed by atoms with E-state index in [2.05, 4.69) is 29.9 Å². The summed E-state index contributed by atoms with van der Waals surface area (Å²) in [6, 6.07) is 4.34. The van der Waals surface area contributed by atoms with Gasteiger partial charge in [-0.15, -0.1) is 6.58 Å². The second-order valence-electron chi connectivity index (χ2n) is 2.77. The monoisotopic (exact) mass is 162 g/mol. The first kappa shape index (κ1) is 8.94. The first-order valence-corrected chi connectivity index (χ1v) is 4.08. The van der Waals surface area contributed by atoms with E-state index in [1.165, 1.54) is 5.56 Å². The number of rotatable bonds is 4. The van der Waals surface area contributed by atoms with Crippen molar-refractivity contribution < 1.29 is 0 Å². The van der Waals surface area contributed by atoms with Gasteiger partial charge in [0, 0.05) is 25.0 Å². The van der Waals surface area contributed by atoms with Gasteiger partial charge in [-0.1, -0.05) is 12.1 Å². The molecule has 0 aromatic carbocycles. The van der Waals surface area contributed by atoms with Crippen LogP contribution >= 0.6 is 0 Å². The van der Waals surface area contributed by atoms with Gasteiger partial charge in [-0.25, -0.2) is 0 Å². The van der Waals surface area contributed by atoms with Crippen molar-refractivity contribution in [3.05, 3.63) is 42.7 Å². The normalized spacial score (nSPS) is 12.4. The molecule has 0 fully saturated rings. The van der Waals surface area contributed by atoms with Crippen LogP contribution in [0.5, 0.6) is 0 Å². The summed E-state index contributed by atoms with van der Waals surface area (Å²) in [5.74, 6) is 0. The molecule has 64 valence electrons. The molecule has 2 nitrogen and oxygen atoms in total. The van der Waals surface area contributed by atoms with Crippen LogP contribution in [0, 0.1) is 0 Å². The minimum atomic E-state index is 0.352. The first-order chi connectivity index (χ1) is 5.83. The van der Waals surface area contributed by atoms with E-state index in [0.29, 0.717) is 6.04 Å². The van der Waals surface area contributed by atoms with Crippen LogP contribution in [0.2, 0.25) is 0 Å². The van der Waals surface area contributed by atoms with E-state index in [4.69, 9.17) is 0 Å². The molecule has 2 heteroatoms. The predicted molar refractivity (Wildman–Crippen MR) is 50.7 cm³/mol. The lowest BCUT2D eigenvalue weighted by atomic mass is 10.2. The lowest BCUT2D eigenvalue weighted by Crippen LogP contribution is -2.22. The van der Waals surface area contributed by atoms with Crippen molar-refractivity contribution in [2.45, 2.75) is 19.5 Å². The molecule has 12 heavy (non-hydrogen) atoms. The molecule has 0 aliphatic carbocycles. The lowest BCUT2D eigenvalue weighted by molar-refractivity contribution is 0.633. The van der Waals surface area contributed by atoms with Crippen LogP contribution < -0.4 is 5.32 Å². The van der Waals surface area contributed by atoms with Gasteiger partial charge in [0.2, 0.25) is 0 Å². The molecule has 1 atom stereocenters. The predicted octanol–water partition coefficient (Wildman–Crippen LogP) is 1.75. The third-order valence-corrected chi connectivity index (χ3v) is 1.70. The Morgan fingerprint density at radius 2 is 2.58 bits per heavy atom. The fourth-order valence-electron chi connectivity index (χ4n) is 0.865. The van der Waals surface area contributed by atoms with Gasteiger partial charge in [0.25, 0.3) is 0 Å². The smallest absolute Gasteiger partial charge is 0.0312 e. The fourth-order valence-corrected chi connectivity index (χ4v) is 0.865. The van der Waals surface area contributed by atoms with E-state index in [1.807, 2.05) is 18.3 Å². The van der Waals surface area contributed by atoms with Crippen molar-refractivity contribution in [2.75, 3.05) is 0 Å². The Hall–Kier alpha value is -1.15. The molecular formula is C10H14N2. The Morgan fingerprint density at radius 3 is 3.17 bits per heavy atom. The molecule has 1 rings (SSSR count). The van der Waals surface area contributed by atoms with Crippen molar-refractivity contribution in [3.8, 4) is 0 Å². The van der Waals surface area contributed by atoms with E-state index in [9.17, 15) is 0 Å². The molecule has 0 spiro atoms. The second kappa shape index (κ2) is 4.67. The molecule has 1 aromatic rings. The highest BCUT2D eigenvalue weighted by Crippen LogP contribution is 1.95. The van der Waals surface area contributed by atoms with Gasteiger partial charge in [-0.2, -0.15) is 0 Å². The highest BCUT2D eigenvalue weighted by molar-refractivity contribution is 5.08. The summed E-state index contributed by atoms with van der Waals surface area (Å²) in [4.78, 5) is 4.02. The molecule has 0 aliphatic rings. The molecule has 0 aliphatic heterocycles. The molecule has 1 unspecified atom stereocenters. The minimum absolute atomic E-state index is 0.352. The lowest BCUT2D eigenvalue weighted by Gasteiger charge is -2.07. The van der Waals surface area contributed by atoms with E-state index < -0.39 is 0 Å². The highest BCUT2D eigenvalue weighted by Gasteiger charge is 1.94. The van der Waals surface area contributed by atoms with Crippen molar-refractivity contribution in [1.82, 2.24) is 10.3 Å². The maximum atomic E-state index is 4.02. The average Bonchev–Trinajstić information content (AvgIpc) is 2.16. The van der Waals surface area contributed by atoms with E-state index in [1.54, 1.807) is 6.20 Å². The topological polar surface area (TPSA) is 24.9 Å². The van der Waals surface area contributed by atoms with Crippen LogP contribution in [0.1, 0.15) is 12.5 Å². The van der Waals surface area contributed by atoms with Crippen LogP contribution in [-0.4, -0.2) is 11.0 Å². The van der Waals surface area contributed by atoms with Crippen molar-refractivity contribution in [2.24, 2.45) is 0 Å². The molecule has 0 saturated carbocycles. The molecule has 0 bridgehead atoms. The van der Waals surface area contributed by atoms with Crippen LogP contribution in [0.3, 0.4) is 0 Å². The number of hydrogen-bond donors (Lipinski definition) is 1. The fraction of sp³-hybridized carbons (Fsp3) is 0.300.